The molecule has 0 spiro atoms. The largest absolute Gasteiger partial charge is 0.454 e. The number of furan rings is 1. The van der Waals surface area contributed by atoms with Crippen molar-refractivity contribution in [2.75, 3.05) is 0 Å². The van der Waals surface area contributed by atoms with E-state index in [4.69, 9.17) is 14.4 Å². The molecule has 8 aromatic rings. The molecule has 0 aliphatic heterocycles. The van der Waals surface area contributed by atoms with E-state index < -0.39 is 0 Å². The highest BCUT2D eigenvalue weighted by molar-refractivity contribution is 6.15. The molecular weight excluding hydrogens is 502 g/mol. The number of benzene rings is 5. The fourth-order valence-corrected chi connectivity index (χ4v) is 6.79. The van der Waals surface area contributed by atoms with Crippen LogP contribution < -0.4 is 0 Å². The van der Waals surface area contributed by atoms with Crippen LogP contribution in [-0.2, 0) is 5.41 Å². The van der Waals surface area contributed by atoms with E-state index in [0.717, 1.165) is 49.6 Å². The van der Waals surface area contributed by atoms with E-state index >= 15 is 0 Å². The Morgan fingerprint density at radius 2 is 1.44 bits per heavy atom. The Morgan fingerprint density at radius 1 is 0.659 bits per heavy atom. The summed E-state index contributed by atoms with van der Waals surface area (Å²) >= 11 is 0. The first-order valence-electron chi connectivity index (χ1n) is 14.0. The lowest BCUT2D eigenvalue weighted by atomic mass is 9.82. The van der Waals surface area contributed by atoms with E-state index in [9.17, 15) is 0 Å². The average molecular weight is 528 g/mol. The van der Waals surface area contributed by atoms with Crippen molar-refractivity contribution >= 4 is 43.7 Å². The second-order valence-electron chi connectivity index (χ2n) is 11.5. The topological polar surface area (TPSA) is 43.9 Å². The van der Waals surface area contributed by atoms with Gasteiger partial charge in [-0.25, -0.2) is 9.97 Å². The standard InChI is InChI=1S/C37H25N3O/c1-37(2)29-14-8-6-12-24(29)28-20-23-18-19-40(31(23)21-30(28)37)36-38-33(22-10-4-3-5-11-22)27-17-16-26-25-13-7-9-15-32(25)41-35(26)34(27)39-36/h3-21H,1-2H3. The summed E-state index contributed by atoms with van der Waals surface area (Å²) in [4.78, 5) is 10.4. The van der Waals surface area contributed by atoms with Crippen molar-refractivity contribution in [2.45, 2.75) is 19.3 Å². The molecule has 0 unspecified atom stereocenters. The molecule has 0 saturated carbocycles. The molecule has 0 N–H and O–H groups in total. The summed E-state index contributed by atoms with van der Waals surface area (Å²) in [5.74, 6) is 0.632. The summed E-state index contributed by atoms with van der Waals surface area (Å²) in [5.41, 5.74) is 10.7. The van der Waals surface area contributed by atoms with Crippen LogP contribution in [-0.4, -0.2) is 14.5 Å². The van der Waals surface area contributed by atoms with Crippen LogP contribution in [0.3, 0.4) is 0 Å². The predicted molar refractivity (Wildman–Crippen MR) is 167 cm³/mol. The van der Waals surface area contributed by atoms with Gasteiger partial charge in [-0.3, -0.25) is 4.57 Å². The van der Waals surface area contributed by atoms with Gasteiger partial charge in [-0.1, -0.05) is 86.6 Å². The van der Waals surface area contributed by atoms with Crippen LogP contribution in [0.25, 0.3) is 72.1 Å². The first kappa shape index (κ1) is 22.6. The average Bonchev–Trinajstić information content (AvgIpc) is 3.67. The fourth-order valence-electron chi connectivity index (χ4n) is 6.79. The molecule has 4 nitrogen and oxygen atoms in total. The maximum absolute atomic E-state index is 6.44. The van der Waals surface area contributed by atoms with Gasteiger partial charge in [-0.2, -0.15) is 0 Å². The van der Waals surface area contributed by atoms with Gasteiger partial charge in [0.1, 0.15) is 11.1 Å². The third-order valence-electron chi connectivity index (χ3n) is 8.86. The molecule has 1 aliphatic carbocycles. The minimum absolute atomic E-state index is 0.0882. The highest BCUT2D eigenvalue weighted by atomic mass is 16.3. The molecule has 4 heteroatoms. The lowest BCUT2D eigenvalue weighted by Crippen LogP contribution is -2.15. The van der Waals surface area contributed by atoms with Gasteiger partial charge in [0, 0.05) is 38.7 Å². The van der Waals surface area contributed by atoms with Gasteiger partial charge in [0.2, 0.25) is 5.95 Å². The van der Waals surface area contributed by atoms with Crippen molar-refractivity contribution in [1.29, 1.82) is 0 Å². The molecule has 41 heavy (non-hydrogen) atoms. The highest BCUT2D eigenvalue weighted by Crippen LogP contribution is 2.50. The Kier molecular flexibility index (Phi) is 4.36. The van der Waals surface area contributed by atoms with E-state index in [2.05, 4.69) is 110 Å². The molecule has 9 rings (SSSR count). The van der Waals surface area contributed by atoms with E-state index in [1.54, 1.807) is 0 Å². The zero-order chi connectivity index (χ0) is 27.3. The van der Waals surface area contributed by atoms with Crippen molar-refractivity contribution < 1.29 is 4.42 Å². The Bertz CT molecular complexity index is 2340. The van der Waals surface area contributed by atoms with Gasteiger partial charge in [-0.05, 0) is 58.7 Å². The zero-order valence-corrected chi connectivity index (χ0v) is 22.7. The zero-order valence-electron chi connectivity index (χ0n) is 22.7. The van der Waals surface area contributed by atoms with E-state index in [1.807, 2.05) is 24.3 Å². The maximum Gasteiger partial charge on any atom is 0.235 e. The second-order valence-corrected chi connectivity index (χ2v) is 11.5. The van der Waals surface area contributed by atoms with E-state index in [0.29, 0.717) is 5.95 Å². The predicted octanol–water partition coefficient (Wildman–Crippen LogP) is 9.45. The minimum atomic E-state index is -0.0882. The molecule has 194 valence electrons. The van der Waals surface area contributed by atoms with Gasteiger partial charge in [0.15, 0.2) is 5.58 Å². The summed E-state index contributed by atoms with van der Waals surface area (Å²) in [5, 5.41) is 4.30. The molecule has 0 bridgehead atoms. The molecular formula is C37H25N3O. The van der Waals surface area contributed by atoms with Crippen LogP contribution in [0.2, 0.25) is 0 Å². The Balaban J connectivity index is 1.35. The molecule has 0 atom stereocenters. The van der Waals surface area contributed by atoms with Crippen molar-refractivity contribution in [3.63, 3.8) is 0 Å². The molecule has 3 aromatic heterocycles. The maximum atomic E-state index is 6.44. The molecule has 0 radical (unpaired) electrons. The van der Waals surface area contributed by atoms with Gasteiger partial charge in [0.25, 0.3) is 0 Å². The van der Waals surface area contributed by atoms with Crippen molar-refractivity contribution in [3.05, 3.63) is 127 Å². The second kappa shape index (κ2) is 7.92. The third-order valence-corrected chi connectivity index (χ3v) is 8.86. The molecule has 0 saturated heterocycles. The Labute approximate surface area is 236 Å². The summed E-state index contributed by atoms with van der Waals surface area (Å²) in [6.07, 6.45) is 2.09. The number of para-hydroxylation sites is 1. The first-order valence-corrected chi connectivity index (χ1v) is 14.0. The minimum Gasteiger partial charge on any atom is -0.454 e. The van der Waals surface area contributed by atoms with Crippen molar-refractivity contribution in [1.82, 2.24) is 14.5 Å². The van der Waals surface area contributed by atoms with Gasteiger partial charge >= 0.3 is 0 Å². The normalized spacial score (nSPS) is 13.8. The Hall–Kier alpha value is -5.22. The highest BCUT2D eigenvalue weighted by Gasteiger charge is 2.35. The number of aromatic nitrogens is 3. The molecule has 0 fully saturated rings. The number of nitrogens with zero attached hydrogens (tertiary/aromatic N) is 3. The van der Waals surface area contributed by atoms with Crippen LogP contribution in [0.5, 0.6) is 0 Å². The van der Waals surface area contributed by atoms with E-state index in [1.165, 1.54) is 27.6 Å². The summed E-state index contributed by atoms with van der Waals surface area (Å²) in [6.45, 7) is 4.63. The quantitative estimate of drug-likeness (QED) is 0.225. The molecule has 5 aromatic carbocycles. The lowest BCUT2D eigenvalue weighted by molar-refractivity contribution is 0.661. The monoisotopic (exact) mass is 527 g/mol. The number of hydrogen-bond donors (Lipinski definition) is 0. The number of fused-ring (bicyclic) bond motifs is 9. The number of hydrogen-bond acceptors (Lipinski definition) is 3. The summed E-state index contributed by atoms with van der Waals surface area (Å²) in [6, 6.07) is 38.4. The first-order chi connectivity index (χ1) is 20.1. The lowest BCUT2D eigenvalue weighted by Gasteiger charge is -2.21. The van der Waals surface area contributed by atoms with Crippen molar-refractivity contribution in [2.24, 2.45) is 0 Å². The fraction of sp³-hybridized carbons (Fsp3) is 0.0811. The van der Waals surface area contributed by atoms with Crippen LogP contribution in [0.1, 0.15) is 25.0 Å². The SMILES string of the molecule is CC1(C)c2ccccc2-c2cc3ccn(-c4nc(-c5ccccc5)c5ccc6c7ccccc7oc6c5n4)c3cc21. The molecule has 1 aliphatic rings. The number of rotatable bonds is 2. The molecule has 0 amide bonds. The Morgan fingerprint density at radius 3 is 2.34 bits per heavy atom. The third kappa shape index (κ3) is 3.05. The van der Waals surface area contributed by atoms with Crippen LogP contribution >= 0.6 is 0 Å². The van der Waals surface area contributed by atoms with Gasteiger partial charge in [-0.15, -0.1) is 0 Å². The summed E-state index contributed by atoms with van der Waals surface area (Å²) < 4.78 is 8.57. The van der Waals surface area contributed by atoms with Crippen LogP contribution in [0.15, 0.2) is 120 Å². The summed E-state index contributed by atoms with van der Waals surface area (Å²) in [7, 11) is 0. The van der Waals surface area contributed by atoms with Crippen molar-refractivity contribution in [3.8, 4) is 28.3 Å². The van der Waals surface area contributed by atoms with Crippen LogP contribution in [0, 0.1) is 0 Å². The van der Waals surface area contributed by atoms with Gasteiger partial charge in [0.05, 0.1) is 11.2 Å². The van der Waals surface area contributed by atoms with Gasteiger partial charge < -0.3 is 4.42 Å². The smallest absolute Gasteiger partial charge is 0.235 e. The van der Waals surface area contributed by atoms with E-state index in [-0.39, 0.29) is 5.41 Å². The molecule has 3 heterocycles. The van der Waals surface area contributed by atoms with Crippen LogP contribution in [0.4, 0.5) is 0 Å².